The predicted octanol–water partition coefficient (Wildman–Crippen LogP) is 4.81. The first-order valence-corrected chi connectivity index (χ1v) is 12.4. The highest BCUT2D eigenvalue weighted by Gasteiger charge is 2.35. The third kappa shape index (κ3) is 5.05. The van der Waals surface area contributed by atoms with Gasteiger partial charge < -0.3 is 14.8 Å². The molecule has 1 amide bonds. The number of aromatic nitrogens is 2. The second kappa shape index (κ2) is 9.73. The van der Waals surface area contributed by atoms with E-state index in [1.165, 1.54) is 37.8 Å². The molecule has 1 aromatic carbocycles. The first kappa shape index (κ1) is 24.8. The lowest BCUT2D eigenvalue weighted by atomic mass is 9.72. The zero-order valence-electron chi connectivity index (χ0n) is 20.5. The van der Waals surface area contributed by atoms with Crippen LogP contribution in [0.5, 0.6) is 0 Å². The highest BCUT2D eigenvalue weighted by Crippen LogP contribution is 2.44. The predicted molar refractivity (Wildman–Crippen MR) is 134 cm³/mol. The van der Waals surface area contributed by atoms with E-state index in [9.17, 15) is 14.4 Å². The summed E-state index contributed by atoms with van der Waals surface area (Å²) in [5.41, 5.74) is 2.67. The van der Waals surface area contributed by atoms with Crippen molar-refractivity contribution in [1.29, 1.82) is 0 Å². The van der Waals surface area contributed by atoms with Crippen molar-refractivity contribution in [3.63, 3.8) is 0 Å². The fourth-order valence-electron chi connectivity index (χ4n) is 4.38. The third-order valence-electron chi connectivity index (χ3n) is 6.49. The first-order valence-electron chi connectivity index (χ1n) is 11.5. The Hall–Kier alpha value is -3.33. The van der Waals surface area contributed by atoms with Crippen LogP contribution in [0, 0.1) is 11.3 Å². The Balaban J connectivity index is 1.53. The van der Waals surface area contributed by atoms with Crippen molar-refractivity contribution in [3.8, 4) is 0 Å². The number of benzene rings is 1. The number of thiophene rings is 1. The summed E-state index contributed by atoms with van der Waals surface area (Å²) >= 11 is 1.40. The fourth-order valence-corrected chi connectivity index (χ4v) is 5.70. The number of hydrogen-bond donors (Lipinski definition) is 1. The Bertz CT molecular complexity index is 1290. The van der Waals surface area contributed by atoms with E-state index in [2.05, 4.69) is 36.1 Å². The van der Waals surface area contributed by atoms with Gasteiger partial charge in [0.05, 0.1) is 23.8 Å². The highest BCUT2D eigenvalue weighted by atomic mass is 32.1. The summed E-state index contributed by atoms with van der Waals surface area (Å²) in [7, 11) is 1.33. The van der Waals surface area contributed by atoms with Crippen LogP contribution in [-0.4, -0.2) is 41.0 Å². The lowest BCUT2D eigenvalue weighted by Gasteiger charge is -2.33. The maximum atomic E-state index is 13.0. The number of amides is 1. The Morgan fingerprint density at radius 2 is 1.89 bits per heavy atom. The van der Waals surface area contributed by atoms with Gasteiger partial charge in [-0.15, -0.1) is 11.3 Å². The topological polar surface area (TPSA) is 107 Å². The molecule has 9 heteroatoms. The molecule has 1 aliphatic carbocycles. The standard InChI is InChI=1S/C26H29N3O5S/c1-14(34-24(31)17-7-6-8-18-21(17)28-12-11-27-18)22(30)29-23-20(25(32)33-5)16-10-9-15(26(2,3)4)13-19(16)35-23/h6-8,11-12,14-15H,9-10,13H2,1-5H3,(H,29,30). The minimum Gasteiger partial charge on any atom is -0.465 e. The van der Waals surface area contributed by atoms with Gasteiger partial charge in [-0.25, -0.2) is 9.59 Å². The highest BCUT2D eigenvalue weighted by molar-refractivity contribution is 7.17. The number of para-hydroxylation sites is 1. The first-order chi connectivity index (χ1) is 16.6. The van der Waals surface area contributed by atoms with Gasteiger partial charge in [0.1, 0.15) is 10.5 Å². The Labute approximate surface area is 208 Å². The van der Waals surface area contributed by atoms with Crippen molar-refractivity contribution in [2.75, 3.05) is 12.4 Å². The summed E-state index contributed by atoms with van der Waals surface area (Å²) in [6.45, 7) is 8.15. The molecule has 1 N–H and O–H groups in total. The SMILES string of the molecule is COC(=O)c1c(NC(=O)C(C)OC(=O)c2cccc3nccnc23)sc2c1CCC(C(C)(C)C)C2. The van der Waals surface area contributed by atoms with Crippen LogP contribution >= 0.6 is 11.3 Å². The van der Waals surface area contributed by atoms with Crippen LogP contribution in [0.3, 0.4) is 0 Å². The van der Waals surface area contributed by atoms with Crippen LogP contribution in [0.2, 0.25) is 0 Å². The maximum Gasteiger partial charge on any atom is 0.341 e. The summed E-state index contributed by atoms with van der Waals surface area (Å²) in [5, 5.41) is 3.23. The molecule has 2 unspecified atom stereocenters. The summed E-state index contributed by atoms with van der Waals surface area (Å²) in [6.07, 6.45) is 4.49. The lowest BCUT2D eigenvalue weighted by Crippen LogP contribution is -2.30. The summed E-state index contributed by atoms with van der Waals surface area (Å²) in [5.74, 6) is -1.21. The van der Waals surface area contributed by atoms with E-state index in [1.54, 1.807) is 18.2 Å². The second-order valence-electron chi connectivity index (χ2n) is 9.77. The van der Waals surface area contributed by atoms with Crippen LogP contribution < -0.4 is 5.32 Å². The van der Waals surface area contributed by atoms with Crippen molar-refractivity contribution in [2.45, 2.75) is 53.1 Å². The van der Waals surface area contributed by atoms with Gasteiger partial charge in [-0.3, -0.25) is 14.8 Å². The zero-order valence-corrected chi connectivity index (χ0v) is 21.3. The van der Waals surface area contributed by atoms with Crippen LogP contribution in [0.25, 0.3) is 11.0 Å². The van der Waals surface area contributed by atoms with Gasteiger partial charge in [0.2, 0.25) is 0 Å². The Morgan fingerprint density at radius 1 is 1.14 bits per heavy atom. The van der Waals surface area contributed by atoms with E-state index in [-0.39, 0.29) is 11.0 Å². The molecule has 3 aromatic rings. The van der Waals surface area contributed by atoms with Gasteiger partial charge in [0.15, 0.2) is 6.10 Å². The average molecular weight is 496 g/mol. The van der Waals surface area contributed by atoms with Gasteiger partial charge >= 0.3 is 11.9 Å². The van der Waals surface area contributed by atoms with E-state index in [0.29, 0.717) is 27.5 Å². The van der Waals surface area contributed by atoms with E-state index in [4.69, 9.17) is 9.47 Å². The molecule has 0 saturated carbocycles. The maximum absolute atomic E-state index is 13.0. The van der Waals surface area contributed by atoms with Gasteiger partial charge in [-0.05, 0) is 55.2 Å². The average Bonchev–Trinajstić information content (AvgIpc) is 3.19. The van der Waals surface area contributed by atoms with Gasteiger partial charge in [0.25, 0.3) is 5.91 Å². The monoisotopic (exact) mass is 495 g/mol. The van der Waals surface area contributed by atoms with Crippen molar-refractivity contribution in [2.24, 2.45) is 11.3 Å². The molecule has 1 aliphatic rings. The van der Waals surface area contributed by atoms with Crippen molar-refractivity contribution in [3.05, 3.63) is 52.2 Å². The van der Waals surface area contributed by atoms with Crippen LogP contribution in [0.15, 0.2) is 30.6 Å². The number of esters is 2. The molecule has 4 rings (SSSR count). The van der Waals surface area contributed by atoms with Crippen LogP contribution in [0.1, 0.15) is 65.3 Å². The molecule has 2 aromatic heterocycles. The molecule has 0 radical (unpaired) electrons. The number of nitrogens with one attached hydrogen (secondary N) is 1. The third-order valence-corrected chi connectivity index (χ3v) is 7.66. The van der Waals surface area contributed by atoms with Crippen molar-refractivity contribution >= 4 is 45.2 Å². The number of anilines is 1. The number of nitrogens with zero attached hydrogens (tertiary/aromatic N) is 2. The van der Waals surface area contributed by atoms with E-state index >= 15 is 0 Å². The number of methoxy groups -OCH3 is 1. The van der Waals surface area contributed by atoms with Crippen molar-refractivity contribution < 1.29 is 23.9 Å². The molecule has 35 heavy (non-hydrogen) atoms. The van der Waals surface area contributed by atoms with E-state index < -0.39 is 23.9 Å². The number of carbonyl (C=O) groups excluding carboxylic acids is 3. The molecule has 2 atom stereocenters. The number of rotatable bonds is 5. The zero-order chi connectivity index (χ0) is 25.3. The summed E-state index contributed by atoms with van der Waals surface area (Å²) in [4.78, 5) is 47.9. The molecule has 0 fully saturated rings. The summed E-state index contributed by atoms with van der Waals surface area (Å²) < 4.78 is 10.5. The molecule has 0 spiro atoms. The molecule has 2 heterocycles. The Morgan fingerprint density at radius 3 is 2.60 bits per heavy atom. The smallest absolute Gasteiger partial charge is 0.341 e. The Kier molecular flexibility index (Phi) is 6.89. The minimum absolute atomic E-state index is 0.144. The van der Waals surface area contributed by atoms with E-state index in [0.717, 1.165) is 29.7 Å². The van der Waals surface area contributed by atoms with Crippen LogP contribution in [-0.2, 0) is 27.1 Å². The number of fused-ring (bicyclic) bond motifs is 2. The quantitative estimate of drug-likeness (QED) is 0.506. The minimum atomic E-state index is -1.10. The lowest BCUT2D eigenvalue weighted by molar-refractivity contribution is -0.123. The summed E-state index contributed by atoms with van der Waals surface area (Å²) in [6, 6.07) is 5.01. The largest absolute Gasteiger partial charge is 0.465 e. The molecule has 0 saturated heterocycles. The fraction of sp³-hybridized carbons (Fsp3) is 0.423. The molecule has 0 bridgehead atoms. The van der Waals surface area contributed by atoms with Gasteiger partial charge in [-0.1, -0.05) is 26.8 Å². The molecular formula is C26H29N3O5S. The van der Waals surface area contributed by atoms with Crippen molar-refractivity contribution in [1.82, 2.24) is 9.97 Å². The number of carbonyl (C=O) groups is 3. The van der Waals surface area contributed by atoms with Crippen LogP contribution in [0.4, 0.5) is 5.00 Å². The van der Waals surface area contributed by atoms with Gasteiger partial charge in [0, 0.05) is 17.3 Å². The molecule has 184 valence electrons. The van der Waals surface area contributed by atoms with E-state index in [1.807, 2.05) is 0 Å². The number of hydrogen-bond acceptors (Lipinski definition) is 8. The molecule has 8 nitrogen and oxygen atoms in total. The number of ether oxygens (including phenoxy) is 2. The molecular weight excluding hydrogens is 466 g/mol. The second-order valence-corrected chi connectivity index (χ2v) is 10.9. The molecule has 0 aliphatic heterocycles. The van der Waals surface area contributed by atoms with Gasteiger partial charge in [-0.2, -0.15) is 0 Å². The normalized spacial score (nSPS) is 16.3.